The summed E-state index contributed by atoms with van der Waals surface area (Å²) in [6, 6.07) is 0. The standard InChI is InChI=1S/C13H20N4/c1-17(13-7-15-6-12(14)16-13)8-11-5-9-2-3-10(11)4-9/h6-7,9-11H,2-5,8H2,1H3,(H2,14,16). The minimum Gasteiger partial charge on any atom is -0.382 e. The summed E-state index contributed by atoms with van der Waals surface area (Å²) >= 11 is 0. The van der Waals surface area contributed by atoms with Gasteiger partial charge >= 0.3 is 0 Å². The van der Waals surface area contributed by atoms with Crippen LogP contribution < -0.4 is 10.6 Å². The lowest BCUT2D eigenvalue weighted by atomic mass is 9.88. The molecule has 0 radical (unpaired) electrons. The Hall–Kier alpha value is -1.32. The molecule has 0 aromatic carbocycles. The minimum atomic E-state index is 0.502. The van der Waals surface area contributed by atoms with Crippen LogP contribution in [0.3, 0.4) is 0 Å². The number of hydrogen-bond acceptors (Lipinski definition) is 4. The molecule has 1 aromatic rings. The van der Waals surface area contributed by atoms with Crippen LogP contribution in [0.2, 0.25) is 0 Å². The third-order valence-electron chi connectivity index (χ3n) is 4.42. The molecular formula is C13H20N4. The van der Waals surface area contributed by atoms with Gasteiger partial charge in [0.1, 0.15) is 11.6 Å². The van der Waals surface area contributed by atoms with Crippen LogP contribution in [0.25, 0.3) is 0 Å². The molecule has 0 amide bonds. The van der Waals surface area contributed by atoms with Crippen molar-refractivity contribution in [1.82, 2.24) is 9.97 Å². The fraction of sp³-hybridized carbons (Fsp3) is 0.692. The molecule has 1 heterocycles. The summed E-state index contributed by atoms with van der Waals surface area (Å²) in [7, 11) is 2.09. The zero-order chi connectivity index (χ0) is 11.8. The summed E-state index contributed by atoms with van der Waals surface area (Å²) in [4.78, 5) is 10.6. The zero-order valence-electron chi connectivity index (χ0n) is 10.3. The molecule has 2 saturated carbocycles. The van der Waals surface area contributed by atoms with Gasteiger partial charge in [0.15, 0.2) is 0 Å². The maximum atomic E-state index is 5.66. The van der Waals surface area contributed by atoms with Crippen molar-refractivity contribution in [3.05, 3.63) is 12.4 Å². The quantitative estimate of drug-likeness (QED) is 0.865. The van der Waals surface area contributed by atoms with E-state index in [2.05, 4.69) is 21.9 Å². The van der Waals surface area contributed by atoms with E-state index in [9.17, 15) is 0 Å². The lowest BCUT2D eigenvalue weighted by Crippen LogP contribution is -2.29. The van der Waals surface area contributed by atoms with Gasteiger partial charge in [0.25, 0.3) is 0 Å². The summed E-state index contributed by atoms with van der Waals surface area (Å²) < 4.78 is 0. The van der Waals surface area contributed by atoms with E-state index in [0.29, 0.717) is 5.82 Å². The first-order chi connectivity index (χ1) is 8.22. The van der Waals surface area contributed by atoms with E-state index in [4.69, 9.17) is 5.73 Å². The van der Waals surface area contributed by atoms with Crippen LogP contribution in [-0.4, -0.2) is 23.6 Å². The van der Waals surface area contributed by atoms with Crippen molar-refractivity contribution in [1.29, 1.82) is 0 Å². The molecule has 0 saturated heterocycles. The molecule has 4 heteroatoms. The van der Waals surface area contributed by atoms with E-state index in [1.165, 1.54) is 25.7 Å². The maximum absolute atomic E-state index is 5.66. The van der Waals surface area contributed by atoms with Gasteiger partial charge in [0.2, 0.25) is 0 Å². The van der Waals surface area contributed by atoms with Crippen molar-refractivity contribution in [3.8, 4) is 0 Å². The third kappa shape index (κ3) is 2.08. The Morgan fingerprint density at radius 3 is 2.88 bits per heavy atom. The summed E-state index contributed by atoms with van der Waals surface area (Å²) in [6.07, 6.45) is 9.15. The van der Waals surface area contributed by atoms with Crippen molar-refractivity contribution in [2.24, 2.45) is 17.8 Å². The average molecular weight is 232 g/mol. The van der Waals surface area contributed by atoms with Gasteiger partial charge in [-0.15, -0.1) is 0 Å². The van der Waals surface area contributed by atoms with Crippen molar-refractivity contribution < 1.29 is 0 Å². The highest BCUT2D eigenvalue weighted by Crippen LogP contribution is 2.48. The van der Waals surface area contributed by atoms with Crippen molar-refractivity contribution in [2.45, 2.75) is 25.7 Å². The number of nitrogen functional groups attached to an aromatic ring is 1. The molecule has 2 N–H and O–H groups in total. The van der Waals surface area contributed by atoms with E-state index in [0.717, 1.165) is 30.1 Å². The van der Waals surface area contributed by atoms with Gasteiger partial charge in [-0.2, -0.15) is 0 Å². The third-order valence-corrected chi connectivity index (χ3v) is 4.42. The molecule has 2 aliphatic carbocycles. The first kappa shape index (κ1) is 10.8. The second-order valence-electron chi connectivity index (χ2n) is 5.62. The number of hydrogen-bond donors (Lipinski definition) is 1. The second-order valence-corrected chi connectivity index (χ2v) is 5.62. The minimum absolute atomic E-state index is 0.502. The molecule has 3 unspecified atom stereocenters. The smallest absolute Gasteiger partial charge is 0.149 e. The number of aromatic nitrogens is 2. The van der Waals surface area contributed by atoms with Crippen LogP contribution in [0.5, 0.6) is 0 Å². The Morgan fingerprint density at radius 1 is 1.35 bits per heavy atom. The second kappa shape index (κ2) is 4.17. The van der Waals surface area contributed by atoms with Crippen LogP contribution in [0.1, 0.15) is 25.7 Å². The molecule has 1 aromatic heterocycles. The number of rotatable bonds is 3. The van der Waals surface area contributed by atoms with E-state index < -0.39 is 0 Å². The van der Waals surface area contributed by atoms with Crippen LogP contribution in [0, 0.1) is 17.8 Å². The number of nitrogens with two attached hydrogens (primary N) is 1. The molecular weight excluding hydrogens is 212 g/mol. The SMILES string of the molecule is CN(CC1CC2CCC1C2)c1cncc(N)n1. The van der Waals surface area contributed by atoms with Crippen molar-refractivity contribution >= 4 is 11.6 Å². The Kier molecular flexibility index (Phi) is 2.65. The molecule has 4 nitrogen and oxygen atoms in total. The number of fused-ring (bicyclic) bond motifs is 2. The Bertz CT molecular complexity index is 406. The highest BCUT2D eigenvalue weighted by Gasteiger charge is 2.39. The molecule has 0 spiro atoms. The average Bonchev–Trinajstić information content (AvgIpc) is 2.91. The molecule has 17 heavy (non-hydrogen) atoms. The Morgan fingerprint density at radius 2 is 2.24 bits per heavy atom. The topological polar surface area (TPSA) is 55.0 Å². The monoisotopic (exact) mass is 232 g/mol. The van der Waals surface area contributed by atoms with Gasteiger partial charge in [0, 0.05) is 13.6 Å². The number of nitrogens with zero attached hydrogens (tertiary/aromatic N) is 3. The maximum Gasteiger partial charge on any atom is 0.149 e. The zero-order valence-corrected chi connectivity index (χ0v) is 10.3. The largest absolute Gasteiger partial charge is 0.382 e. The van der Waals surface area contributed by atoms with Crippen LogP contribution in [-0.2, 0) is 0 Å². The highest BCUT2D eigenvalue weighted by molar-refractivity contribution is 5.40. The van der Waals surface area contributed by atoms with E-state index in [1.807, 2.05) is 0 Å². The lowest BCUT2D eigenvalue weighted by molar-refractivity contribution is 0.337. The normalized spacial score (nSPS) is 30.8. The Balaban J connectivity index is 1.65. The molecule has 2 aliphatic rings. The van der Waals surface area contributed by atoms with Crippen LogP contribution >= 0.6 is 0 Å². The first-order valence-electron chi connectivity index (χ1n) is 6.51. The fourth-order valence-corrected chi connectivity index (χ4v) is 3.60. The fourth-order valence-electron chi connectivity index (χ4n) is 3.60. The van der Waals surface area contributed by atoms with E-state index in [-0.39, 0.29) is 0 Å². The summed E-state index contributed by atoms with van der Waals surface area (Å²) in [5.41, 5.74) is 5.66. The highest BCUT2D eigenvalue weighted by atomic mass is 15.2. The summed E-state index contributed by atoms with van der Waals surface area (Å²) in [6.45, 7) is 1.10. The Labute approximate surface area is 102 Å². The van der Waals surface area contributed by atoms with Gasteiger partial charge in [-0.1, -0.05) is 6.42 Å². The van der Waals surface area contributed by atoms with Gasteiger partial charge in [0.05, 0.1) is 12.4 Å². The predicted octanol–water partition coefficient (Wildman–Crippen LogP) is 1.93. The predicted molar refractivity (Wildman–Crippen MR) is 68.7 cm³/mol. The molecule has 2 fully saturated rings. The van der Waals surface area contributed by atoms with Crippen LogP contribution in [0.15, 0.2) is 12.4 Å². The van der Waals surface area contributed by atoms with Gasteiger partial charge in [-0.3, -0.25) is 4.98 Å². The molecule has 2 bridgehead atoms. The summed E-state index contributed by atoms with van der Waals surface area (Å²) in [5.74, 6) is 4.21. The number of anilines is 2. The van der Waals surface area contributed by atoms with E-state index in [1.54, 1.807) is 12.4 Å². The molecule has 3 atom stereocenters. The summed E-state index contributed by atoms with van der Waals surface area (Å²) in [5, 5.41) is 0. The van der Waals surface area contributed by atoms with Gasteiger partial charge in [-0.25, -0.2) is 4.98 Å². The van der Waals surface area contributed by atoms with Gasteiger partial charge < -0.3 is 10.6 Å². The molecule has 0 aliphatic heterocycles. The lowest BCUT2D eigenvalue weighted by Gasteiger charge is -2.27. The van der Waals surface area contributed by atoms with E-state index >= 15 is 0 Å². The van der Waals surface area contributed by atoms with Crippen LogP contribution in [0.4, 0.5) is 11.6 Å². The molecule has 3 rings (SSSR count). The van der Waals surface area contributed by atoms with Crippen molar-refractivity contribution in [2.75, 3.05) is 24.2 Å². The molecule has 92 valence electrons. The van der Waals surface area contributed by atoms with Crippen molar-refractivity contribution in [3.63, 3.8) is 0 Å². The van der Waals surface area contributed by atoms with Gasteiger partial charge in [-0.05, 0) is 37.0 Å². The first-order valence-corrected chi connectivity index (χ1v) is 6.51.